The van der Waals surface area contributed by atoms with Gasteiger partial charge in [0.25, 0.3) is 0 Å². The number of rotatable bonds is 3. The van der Waals surface area contributed by atoms with E-state index in [0.717, 1.165) is 17.1 Å². The molecule has 1 unspecified atom stereocenters. The molecule has 0 saturated carbocycles. The standard InChI is InChI=1S/C4H12O2Si/c1-3-5-4(2)6-7/h4H,3H2,1-2,7H3. The van der Waals surface area contributed by atoms with Crippen LogP contribution in [0.15, 0.2) is 0 Å². The van der Waals surface area contributed by atoms with E-state index in [0.29, 0.717) is 0 Å². The van der Waals surface area contributed by atoms with Crippen molar-refractivity contribution < 1.29 is 9.16 Å². The molecule has 0 saturated heterocycles. The predicted octanol–water partition coefficient (Wildman–Crippen LogP) is -0.334. The fourth-order valence-corrected chi connectivity index (χ4v) is 0.439. The van der Waals surface area contributed by atoms with Gasteiger partial charge in [0.15, 0.2) is 0 Å². The lowest BCUT2D eigenvalue weighted by Crippen LogP contribution is -2.09. The van der Waals surface area contributed by atoms with Crippen molar-refractivity contribution in [1.82, 2.24) is 0 Å². The Kier molecular flexibility index (Phi) is 4.38. The third kappa shape index (κ3) is 3.98. The fraction of sp³-hybridized carbons (Fsp3) is 1.00. The first kappa shape index (κ1) is 7.14. The predicted molar refractivity (Wildman–Crippen MR) is 32.1 cm³/mol. The summed E-state index contributed by atoms with van der Waals surface area (Å²) in [4.78, 5) is 0. The topological polar surface area (TPSA) is 18.5 Å². The molecule has 2 nitrogen and oxygen atoms in total. The van der Waals surface area contributed by atoms with Gasteiger partial charge in [0.2, 0.25) is 0 Å². The van der Waals surface area contributed by atoms with E-state index in [1.54, 1.807) is 0 Å². The van der Waals surface area contributed by atoms with Gasteiger partial charge in [0.05, 0.1) is 0 Å². The van der Waals surface area contributed by atoms with Gasteiger partial charge in [-0.05, 0) is 13.8 Å². The van der Waals surface area contributed by atoms with Crippen molar-refractivity contribution in [2.45, 2.75) is 20.1 Å². The van der Waals surface area contributed by atoms with Gasteiger partial charge in [-0.25, -0.2) is 0 Å². The molecule has 0 aliphatic heterocycles. The van der Waals surface area contributed by atoms with E-state index < -0.39 is 0 Å². The van der Waals surface area contributed by atoms with E-state index in [2.05, 4.69) is 0 Å². The molecule has 0 spiro atoms. The molecule has 0 amide bonds. The van der Waals surface area contributed by atoms with Crippen LogP contribution >= 0.6 is 0 Å². The van der Waals surface area contributed by atoms with Gasteiger partial charge in [-0.15, -0.1) is 0 Å². The summed E-state index contributed by atoms with van der Waals surface area (Å²) >= 11 is 0. The molecular weight excluding hydrogens is 108 g/mol. The normalized spacial score (nSPS) is 14.6. The first-order valence-electron chi connectivity index (χ1n) is 2.45. The van der Waals surface area contributed by atoms with Gasteiger partial charge >= 0.3 is 0 Å². The number of hydrogen-bond acceptors (Lipinski definition) is 2. The van der Waals surface area contributed by atoms with Crippen LogP contribution in [-0.2, 0) is 9.16 Å². The lowest BCUT2D eigenvalue weighted by atomic mass is 10.7. The summed E-state index contributed by atoms with van der Waals surface area (Å²) in [5.74, 6) is 0. The molecule has 0 fully saturated rings. The van der Waals surface area contributed by atoms with E-state index in [-0.39, 0.29) is 6.29 Å². The third-order valence-electron chi connectivity index (χ3n) is 0.733. The van der Waals surface area contributed by atoms with Crippen LogP contribution in [0.4, 0.5) is 0 Å². The Balaban J connectivity index is 2.83. The highest BCUT2D eigenvalue weighted by molar-refractivity contribution is 5.98. The summed E-state index contributed by atoms with van der Waals surface area (Å²) in [5, 5.41) is 0. The van der Waals surface area contributed by atoms with Crippen LogP contribution < -0.4 is 0 Å². The Morgan fingerprint density at radius 2 is 2.29 bits per heavy atom. The molecule has 3 heteroatoms. The molecule has 0 rings (SSSR count). The molecule has 7 heavy (non-hydrogen) atoms. The summed E-state index contributed by atoms with van der Waals surface area (Å²) in [5.41, 5.74) is 0. The average molecular weight is 120 g/mol. The van der Waals surface area contributed by atoms with E-state index in [1.165, 1.54) is 0 Å². The minimum absolute atomic E-state index is 0.0108. The molecule has 0 heterocycles. The maximum Gasteiger partial charge on any atom is 0.149 e. The van der Waals surface area contributed by atoms with Crippen molar-refractivity contribution in [2.75, 3.05) is 6.61 Å². The molecule has 1 atom stereocenters. The first-order chi connectivity index (χ1) is 3.31. The van der Waals surface area contributed by atoms with Gasteiger partial charge < -0.3 is 9.16 Å². The van der Waals surface area contributed by atoms with Crippen molar-refractivity contribution in [3.63, 3.8) is 0 Å². The molecule has 0 bridgehead atoms. The monoisotopic (exact) mass is 120 g/mol. The molecule has 0 aliphatic carbocycles. The van der Waals surface area contributed by atoms with Gasteiger partial charge in [0.1, 0.15) is 16.8 Å². The van der Waals surface area contributed by atoms with E-state index >= 15 is 0 Å². The zero-order chi connectivity index (χ0) is 5.70. The zero-order valence-electron chi connectivity index (χ0n) is 5.10. The highest BCUT2D eigenvalue weighted by Gasteiger charge is 1.91. The summed E-state index contributed by atoms with van der Waals surface area (Å²) in [6, 6.07) is 0. The van der Waals surface area contributed by atoms with E-state index in [1.807, 2.05) is 13.8 Å². The van der Waals surface area contributed by atoms with Crippen molar-refractivity contribution in [1.29, 1.82) is 0 Å². The molecule has 0 aromatic heterocycles. The molecular formula is C4H12O2Si. The average Bonchev–Trinajstić information content (AvgIpc) is 1.68. The van der Waals surface area contributed by atoms with Crippen LogP contribution in [0.25, 0.3) is 0 Å². The zero-order valence-corrected chi connectivity index (χ0v) is 7.10. The SMILES string of the molecule is CCOC(C)O[SiH3]. The summed E-state index contributed by atoms with van der Waals surface area (Å²) in [6.45, 7) is 4.59. The highest BCUT2D eigenvalue weighted by Crippen LogP contribution is 1.86. The van der Waals surface area contributed by atoms with Crippen molar-refractivity contribution in [3.8, 4) is 0 Å². The van der Waals surface area contributed by atoms with Crippen LogP contribution in [0.3, 0.4) is 0 Å². The molecule has 0 N–H and O–H groups in total. The van der Waals surface area contributed by atoms with Gasteiger partial charge in [-0.1, -0.05) is 0 Å². The summed E-state index contributed by atoms with van der Waals surface area (Å²) in [7, 11) is 0.762. The fourth-order valence-electron chi connectivity index (χ4n) is 0.303. The van der Waals surface area contributed by atoms with Crippen LogP contribution in [0, 0.1) is 0 Å². The highest BCUT2D eigenvalue weighted by atomic mass is 28.2. The summed E-state index contributed by atoms with van der Waals surface area (Å²) < 4.78 is 9.91. The van der Waals surface area contributed by atoms with E-state index in [4.69, 9.17) is 9.16 Å². The quantitative estimate of drug-likeness (QED) is 0.375. The lowest BCUT2D eigenvalue weighted by molar-refractivity contribution is -0.0573. The first-order valence-corrected chi connectivity index (χ1v) is 3.27. The lowest BCUT2D eigenvalue weighted by Gasteiger charge is -2.07. The van der Waals surface area contributed by atoms with Gasteiger partial charge in [-0.3, -0.25) is 0 Å². The molecule has 0 aromatic rings. The van der Waals surface area contributed by atoms with Crippen molar-refractivity contribution in [2.24, 2.45) is 0 Å². The second-order valence-electron chi connectivity index (χ2n) is 1.26. The largest absolute Gasteiger partial charge is 0.404 e. The van der Waals surface area contributed by atoms with Crippen LogP contribution in [0.1, 0.15) is 13.8 Å². The smallest absolute Gasteiger partial charge is 0.149 e. The molecule has 0 aromatic carbocycles. The van der Waals surface area contributed by atoms with Crippen LogP contribution in [0.5, 0.6) is 0 Å². The van der Waals surface area contributed by atoms with Gasteiger partial charge in [-0.2, -0.15) is 0 Å². The Morgan fingerprint density at radius 1 is 1.71 bits per heavy atom. The van der Waals surface area contributed by atoms with Crippen molar-refractivity contribution in [3.05, 3.63) is 0 Å². The second kappa shape index (κ2) is 4.30. The number of hydrogen-bond donors (Lipinski definition) is 0. The molecule has 0 radical (unpaired) electrons. The summed E-state index contributed by atoms with van der Waals surface area (Å²) in [6.07, 6.45) is 0.0108. The minimum Gasteiger partial charge on any atom is -0.404 e. The maximum atomic E-state index is 5.00. The maximum absolute atomic E-state index is 5.00. The second-order valence-corrected chi connectivity index (χ2v) is 1.73. The number of ether oxygens (including phenoxy) is 1. The van der Waals surface area contributed by atoms with E-state index in [9.17, 15) is 0 Å². The Morgan fingerprint density at radius 3 is 2.43 bits per heavy atom. The van der Waals surface area contributed by atoms with Gasteiger partial charge in [0, 0.05) is 6.61 Å². The minimum atomic E-state index is 0.0108. The Bertz CT molecular complexity index is 40.7. The third-order valence-corrected chi connectivity index (χ3v) is 1.40. The van der Waals surface area contributed by atoms with Crippen LogP contribution in [-0.4, -0.2) is 23.4 Å². The molecule has 44 valence electrons. The van der Waals surface area contributed by atoms with Crippen LogP contribution in [0.2, 0.25) is 0 Å². The van der Waals surface area contributed by atoms with Crippen molar-refractivity contribution >= 4 is 10.5 Å². The Hall–Kier alpha value is 0.137. The Labute approximate surface area is 47.4 Å². The molecule has 0 aliphatic rings.